The summed E-state index contributed by atoms with van der Waals surface area (Å²) < 4.78 is 7.33. The molecule has 4 aromatic rings. The molecule has 2 aromatic carbocycles. The van der Waals surface area contributed by atoms with Gasteiger partial charge in [-0.3, -0.25) is 4.79 Å². The minimum Gasteiger partial charge on any atom is -0.437 e. The molecule has 0 aliphatic carbocycles. The van der Waals surface area contributed by atoms with Crippen molar-refractivity contribution in [3.8, 4) is 11.6 Å². The highest BCUT2D eigenvalue weighted by Gasteiger charge is 2.15. The number of hydrogen-bond acceptors (Lipinski definition) is 5. The van der Waals surface area contributed by atoms with E-state index in [-0.39, 0.29) is 5.78 Å². The third-order valence-electron chi connectivity index (χ3n) is 3.52. The van der Waals surface area contributed by atoms with Crippen molar-refractivity contribution in [2.75, 3.05) is 0 Å². The zero-order valence-corrected chi connectivity index (χ0v) is 12.5. The monoisotopic (exact) mass is 316 g/mol. The van der Waals surface area contributed by atoms with Gasteiger partial charge in [-0.25, -0.2) is 0 Å². The van der Waals surface area contributed by atoms with Gasteiger partial charge in [0.05, 0.1) is 5.56 Å². The Morgan fingerprint density at radius 2 is 1.71 bits per heavy atom. The summed E-state index contributed by atoms with van der Waals surface area (Å²) in [7, 11) is 0. The largest absolute Gasteiger partial charge is 0.437 e. The highest BCUT2D eigenvalue weighted by Crippen LogP contribution is 2.26. The molecular formula is C18H12N4O2. The lowest BCUT2D eigenvalue weighted by Gasteiger charge is -2.09. The van der Waals surface area contributed by atoms with Gasteiger partial charge < -0.3 is 4.74 Å². The second kappa shape index (κ2) is 5.92. The van der Waals surface area contributed by atoms with E-state index in [2.05, 4.69) is 15.3 Å². The van der Waals surface area contributed by atoms with E-state index in [1.807, 2.05) is 24.3 Å². The first kappa shape index (κ1) is 14.1. The Bertz CT molecular complexity index is 1010. The highest BCUT2D eigenvalue weighted by atomic mass is 16.5. The molecule has 4 rings (SSSR count). The molecular weight excluding hydrogens is 304 g/mol. The van der Waals surface area contributed by atoms with Gasteiger partial charge in [0.1, 0.15) is 12.1 Å². The molecule has 24 heavy (non-hydrogen) atoms. The number of carbonyl (C=O) groups excluding carboxylic acids is 1. The summed E-state index contributed by atoms with van der Waals surface area (Å²) in [6, 6.07) is 19.6. The first-order valence-corrected chi connectivity index (χ1v) is 7.35. The molecule has 0 fully saturated rings. The number of rotatable bonds is 4. The predicted octanol–water partition coefficient (Wildman–Crippen LogP) is 3.15. The van der Waals surface area contributed by atoms with E-state index in [1.165, 1.54) is 10.8 Å². The van der Waals surface area contributed by atoms with Crippen molar-refractivity contribution < 1.29 is 9.53 Å². The standard InChI is InChI=1S/C18H12N4O2/c23-18(13-6-2-1-3-7-13)14-8-4-5-9-15(14)24-17-11-10-16-20-19-12-22(16)21-17/h1-12H. The zero-order chi connectivity index (χ0) is 16.4. The first-order chi connectivity index (χ1) is 11.8. The first-order valence-electron chi connectivity index (χ1n) is 7.35. The van der Waals surface area contributed by atoms with Crippen LogP contribution in [0.4, 0.5) is 0 Å². The van der Waals surface area contributed by atoms with E-state index in [0.29, 0.717) is 28.4 Å². The Kier molecular flexibility index (Phi) is 3.47. The lowest BCUT2D eigenvalue weighted by Crippen LogP contribution is -2.04. The van der Waals surface area contributed by atoms with E-state index in [1.54, 1.807) is 42.5 Å². The van der Waals surface area contributed by atoms with Gasteiger partial charge >= 0.3 is 0 Å². The second-order valence-electron chi connectivity index (χ2n) is 5.10. The molecule has 0 aliphatic heterocycles. The molecule has 0 spiro atoms. The van der Waals surface area contributed by atoms with Gasteiger partial charge in [-0.2, -0.15) is 4.52 Å². The lowest BCUT2D eigenvalue weighted by molar-refractivity contribution is 0.103. The van der Waals surface area contributed by atoms with Crippen LogP contribution in [0.1, 0.15) is 15.9 Å². The Hall–Kier alpha value is -3.54. The third kappa shape index (κ3) is 2.61. The summed E-state index contributed by atoms with van der Waals surface area (Å²) in [5, 5.41) is 11.9. The molecule has 0 bridgehead atoms. The molecule has 0 amide bonds. The fourth-order valence-electron chi connectivity index (χ4n) is 2.37. The minimum absolute atomic E-state index is 0.100. The van der Waals surface area contributed by atoms with Crippen molar-refractivity contribution in [1.29, 1.82) is 0 Å². The molecule has 0 unspecified atom stereocenters. The van der Waals surface area contributed by atoms with Crippen LogP contribution in [0.15, 0.2) is 73.1 Å². The minimum atomic E-state index is -0.100. The van der Waals surface area contributed by atoms with Crippen LogP contribution in [-0.4, -0.2) is 25.6 Å². The molecule has 6 heteroatoms. The van der Waals surface area contributed by atoms with Crippen molar-refractivity contribution in [3.05, 3.63) is 84.2 Å². The fraction of sp³-hybridized carbons (Fsp3) is 0. The van der Waals surface area contributed by atoms with Crippen LogP contribution in [0.2, 0.25) is 0 Å². The molecule has 0 aliphatic rings. The maximum Gasteiger partial charge on any atom is 0.237 e. The molecule has 0 radical (unpaired) electrons. The lowest BCUT2D eigenvalue weighted by atomic mass is 10.0. The molecule has 0 saturated carbocycles. The molecule has 2 aromatic heterocycles. The van der Waals surface area contributed by atoms with E-state index < -0.39 is 0 Å². The van der Waals surface area contributed by atoms with E-state index in [9.17, 15) is 4.79 Å². The summed E-state index contributed by atoms with van der Waals surface area (Å²) in [4.78, 5) is 12.7. The number of benzene rings is 2. The second-order valence-corrected chi connectivity index (χ2v) is 5.10. The molecule has 6 nitrogen and oxygen atoms in total. The number of para-hydroxylation sites is 1. The fourth-order valence-corrected chi connectivity index (χ4v) is 2.37. The van der Waals surface area contributed by atoms with Gasteiger partial charge in [-0.1, -0.05) is 42.5 Å². The SMILES string of the molecule is O=C(c1ccccc1)c1ccccc1Oc1ccc2nncn2n1. The van der Waals surface area contributed by atoms with Gasteiger partial charge in [-0.15, -0.1) is 15.3 Å². The number of nitrogens with zero attached hydrogens (tertiary/aromatic N) is 4. The van der Waals surface area contributed by atoms with Crippen LogP contribution >= 0.6 is 0 Å². The maximum absolute atomic E-state index is 12.7. The number of carbonyl (C=O) groups is 1. The summed E-state index contributed by atoms with van der Waals surface area (Å²) >= 11 is 0. The number of fused-ring (bicyclic) bond motifs is 1. The predicted molar refractivity (Wildman–Crippen MR) is 87.2 cm³/mol. The molecule has 0 saturated heterocycles. The summed E-state index contributed by atoms with van der Waals surface area (Å²) in [6.07, 6.45) is 1.49. The zero-order valence-electron chi connectivity index (χ0n) is 12.5. The van der Waals surface area contributed by atoms with Crippen molar-refractivity contribution in [1.82, 2.24) is 19.8 Å². The summed E-state index contributed by atoms with van der Waals surface area (Å²) in [5.74, 6) is 0.707. The quantitative estimate of drug-likeness (QED) is 0.541. The Morgan fingerprint density at radius 1 is 0.917 bits per heavy atom. The van der Waals surface area contributed by atoms with E-state index in [4.69, 9.17) is 4.74 Å². The maximum atomic E-state index is 12.7. The number of aromatic nitrogens is 4. The van der Waals surface area contributed by atoms with Crippen LogP contribution in [0.25, 0.3) is 5.65 Å². The smallest absolute Gasteiger partial charge is 0.237 e. The molecule has 116 valence electrons. The molecule has 2 heterocycles. The van der Waals surface area contributed by atoms with Crippen LogP contribution in [-0.2, 0) is 0 Å². The van der Waals surface area contributed by atoms with Gasteiger partial charge in [-0.05, 0) is 18.2 Å². The van der Waals surface area contributed by atoms with Crippen LogP contribution in [0.5, 0.6) is 11.6 Å². The number of ketones is 1. The molecule has 0 N–H and O–H groups in total. The average molecular weight is 316 g/mol. The topological polar surface area (TPSA) is 69.4 Å². The van der Waals surface area contributed by atoms with Gasteiger partial charge in [0, 0.05) is 11.6 Å². The van der Waals surface area contributed by atoms with Crippen LogP contribution in [0, 0.1) is 0 Å². The van der Waals surface area contributed by atoms with Crippen molar-refractivity contribution in [2.24, 2.45) is 0 Å². The highest BCUT2D eigenvalue weighted by molar-refractivity contribution is 6.10. The van der Waals surface area contributed by atoms with Gasteiger partial charge in [0.2, 0.25) is 5.88 Å². The van der Waals surface area contributed by atoms with Crippen molar-refractivity contribution in [3.63, 3.8) is 0 Å². The third-order valence-corrected chi connectivity index (χ3v) is 3.52. The van der Waals surface area contributed by atoms with Crippen molar-refractivity contribution >= 4 is 11.4 Å². The Labute approximate surface area is 137 Å². The van der Waals surface area contributed by atoms with Crippen molar-refractivity contribution in [2.45, 2.75) is 0 Å². The number of hydrogen-bond donors (Lipinski definition) is 0. The number of ether oxygens (including phenoxy) is 1. The van der Waals surface area contributed by atoms with Gasteiger partial charge in [0.25, 0.3) is 0 Å². The van der Waals surface area contributed by atoms with E-state index >= 15 is 0 Å². The summed E-state index contributed by atoms with van der Waals surface area (Å²) in [6.45, 7) is 0. The van der Waals surface area contributed by atoms with Crippen LogP contribution in [0.3, 0.4) is 0 Å². The van der Waals surface area contributed by atoms with Crippen LogP contribution < -0.4 is 4.74 Å². The normalized spacial score (nSPS) is 10.7. The average Bonchev–Trinajstić information content (AvgIpc) is 3.10. The Morgan fingerprint density at radius 3 is 2.58 bits per heavy atom. The summed E-state index contributed by atoms with van der Waals surface area (Å²) in [5.41, 5.74) is 1.71. The van der Waals surface area contributed by atoms with E-state index in [0.717, 1.165) is 0 Å². The van der Waals surface area contributed by atoms with Gasteiger partial charge in [0.15, 0.2) is 11.4 Å². The molecule has 0 atom stereocenters. The Balaban J connectivity index is 1.70.